The number of aromatic nitrogens is 3. The second-order valence-electron chi connectivity index (χ2n) is 5.94. The molecule has 0 radical (unpaired) electrons. The van der Waals surface area contributed by atoms with E-state index < -0.39 is 0 Å². The van der Waals surface area contributed by atoms with Gasteiger partial charge in [0, 0.05) is 36.6 Å². The Morgan fingerprint density at radius 2 is 2.29 bits per heavy atom. The summed E-state index contributed by atoms with van der Waals surface area (Å²) in [6, 6.07) is 3.88. The molecule has 0 aromatic carbocycles. The minimum atomic E-state index is 0.0629. The van der Waals surface area contributed by atoms with Crippen LogP contribution in [0.5, 0.6) is 0 Å². The maximum Gasteiger partial charge on any atom is 0.163 e. The van der Waals surface area contributed by atoms with Crippen LogP contribution in [0.15, 0.2) is 24.5 Å². The minimum absolute atomic E-state index is 0.0629. The van der Waals surface area contributed by atoms with Crippen LogP contribution in [0, 0.1) is 0 Å². The van der Waals surface area contributed by atoms with E-state index in [4.69, 9.17) is 19.4 Å². The molecule has 1 fully saturated rings. The normalized spacial score (nSPS) is 20.4. The summed E-state index contributed by atoms with van der Waals surface area (Å²) in [4.78, 5) is 13.7. The molecule has 126 valence electrons. The molecule has 2 aliphatic heterocycles. The largest absolute Gasteiger partial charge is 0.376 e. The fourth-order valence-corrected chi connectivity index (χ4v) is 2.99. The summed E-state index contributed by atoms with van der Waals surface area (Å²) in [5.41, 5.74) is 3.17. The average Bonchev–Trinajstić information content (AvgIpc) is 2.67. The van der Waals surface area contributed by atoms with Gasteiger partial charge in [-0.25, -0.2) is 9.97 Å². The highest BCUT2D eigenvalue weighted by molar-refractivity contribution is 5.59. The standard InChI is InChI=1S/C17H21N5O2/c1-2-12(8-18-4-1)16-21-15-10-19-5-3-14(15)17(22-16)20-9-13-11-23-6-7-24-13/h1-2,4,8,13,19H,3,5-7,9-11H2,(H,20,21,22)/t13-/m0/s1. The Balaban J connectivity index is 1.61. The lowest BCUT2D eigenvalue weighted by atomic mass is 10.1. The van der Waals surface area contributed by atoms with Crippen LogP contribution in [0.1, 0.15) is 11.3 Å². The van der Waals surface area contributed by atoms with Crippen molar-refractivity contribution in [2.24, 2.45) is 0 Å². The van der Waals surface area contributed by atoms with E-state index in [2.05, 4.69) is 15.6 Å². The van der Waals surface area contributed by atoms with Gasteiger partial charge in [0.05, 0.1) is 31.6 Å². The molecule has 0 amide bonds. The molecule has 0 spiro atoms. The van der Waals surface area contributed by atoms with Crippen LogP contribution >= 0.6 is 0 Å². The van der Waals surface area contributed by atoms with Gasteiger partial charge in [-0.05, 0) is 25.1 Å². The second-order valence-corrected chi connectivity index (χ2v) is 5.94. The van der Waals surface area contributed by atoms with E-state index in [0.717, 1.165) is 36.6 Å². The molecule has 4 heterocycles. The zero-order valence-corrected chi connectivity index (χ0v) is 13.5. The number of nitrogens with one attached hydrogen (secondary N) is 2. The van der Waals surface area contributed by atoms with Crippen LogP contribution in [-0.2, 0) is 22.4 Å². The van der Waals surface area contributed by atoms with Gasteiger partial charge < -0.3 is 20.1 Å². The molecule has 7 nitrogen and oxygen atoms in total. The number of fused-ring (bicyclic) bond motifs is 1. The maximum absolute atomic E-state index is 5.71. The van der Waals surface area contributed by atoms with Crippen molar-refractivity contribution < 1.29 is 9.47 Å². The van der Waals surface area contributed by atoms with Gasteiger partial charge in [-0.2, -0.15) is 0 Å². The SMILES string of the molecule is c1cncc(-c2nc3c(c(NC[C@H]4COCCO4)n2)CCNC3)c1. The molecule has 2 aliphatic rings. The van der Waals surface area contributed by atoms with Crippen LogP contribution in [0.25, 0.3) is 11.4 Å². The van der Waals surface area contributed by atoms with Crippen LogP contribution in [0.4, 0.5) is 5.82 Å². The van der Waals surface area contributed by atoms with E-state index in [-0.39, 0.29) is 6.10 Å². The molecule has 7 heteroatoms. The highest BCUT2D eigenvalue weighted by Gasteiger charge is 2.20. The van der Waals surface area contributed by atoms with Gasteiger partial charge >= 0.3 is 0 Å². The van der Waals surface area contributed by atoms with Gasteiger partial charge in [0.1, 0.15) is 5.82 Å². The van der Waals surface area contributed by atoms with Gasteiger partial charge in [-0.15, -0.1) is 0 Å². The molecule has 2 aromatic heterocycles. The Kier molecular flexibility index (Phi) is 4.64. The number of anilines is 1. The van der Waals surface area contributed by atoms with Crippen LogP contribution in [0.3, 0.4) is 0 Å². The van der Waals surface area contributed by atoms with E-state index in [9.17, 15) is 0 Å². The highest BCUT2D eigenvalue weighted by Crippen LogP contribution is 2.24. The topological polar surface area (TPSA) is 81.2 Å². The van der Waals surface area contributed by atoms with Gasteiger partial charge in [-0.3, -0.25) is 4.98 Å². The zero-order chi connectivity index (χ0) is 16.2. The number of rotatable bonds is 4. The second kappa shape index (κ2) is 7.21. The predicted octanol–water partition coefficient (Wildman–Crippen LogP) is 1.01. The monoisotopic (exact) mass is 327 g/mol. The number of ether oxygens (including phenoxy) is 2. The molecule has 0 unspecified atom stereocenters. The van der Waals surface area contributed by atoms with Crippen molar-refractivity contribution in [3.63, 3.8) is 0 Å². The Morgan fingerprint density at radius 3 is 3.12 bits per heavy atom. The Labute approximate surface area is 140 Å². The first-order valence-electron chi connectivity index (χ1n) is 8.34. The summed E-state index contributed by atoms with van der Waals surface area (Å²) in [5, 5.41) is 6.82. The molecule has 1 atom stereocenters. The minimum Gasteiger partial charge on any atom is -0.376 e. The third-order valence-corrected chi connectivity index (χ3v) is 4.24. The third-order valence-electron chi connectivity index (χ3n) is 4.24. The molecular weight excluding hydrogens is 306 g/mol. The van der Waals surface area contributed by atoms with Crippen molar-refractivity contribution in [2.45, 2.75) is 19.1 Å². The number of nitrogens with zero attached hydrogens (tertiary/aromatic N) is 3. The van der Waals surface area contributed by atoms with E-state index in [0.29, 0.717) is 32.2 Å². The summed E-state index contributed by atoms with van der Waals surface area (Å²) in [7, 11) is 0. The predicted molar refractivity (Wildman–Crippen MR) is 89.7 cm³/mol. The Hall–Kier alpha value is -2.09. The fourth-order valence-electron chi connectivity index (χ4n) is 2.99. The first-order chi connectivity index (χ1) is 11.9. The number of hydrogen-bond donors (Lipinski definition) is 2. The highest BCUT2D eigenvalue weighted by atomic mass is 16.6. The quantitative estimate of drug-likeness (QED) is 0.867. The van der Waals surface area contributed by atoms with Crippen LogP contribution < -0.4 is 10.6 Å². The van der Waals surface area contributed by atoms with Gasteiger partial charge in [-0.1, -0.05) is 0 Å². The van der Waals surface area contributed by atoms with Crippen LogP contribution in [0.2, 0.25) is 0 Å². The Bertz CT molecular complexity index is 689. The van der Waals surface area contributed by atoms with E-state index >= 15 is 0 Å². The molecule has 2 N–H and O–H groups in total. The van der Waals surface area contributed by atoms with Crippen molar-refractivity contribution in [3.8, 4) is 11.4 Å². The lowest BCUT2D eigenvalue weighted by Gasteiger charge is -2.25. The lowest BCUT2D eigenvalue weighted by Crippen LogP contribution is -2.35. The van der Waals surface area contributed by atoms with Crippen molar-refractivity contribution in [1.29, 1.82) is 0 Å². The van der Waals surface area contributed by atoms with Crippen molar-refractivity contribution in [2.75, 3.05) is 38.2 Å². The number of hydrogen-bond acceptors (Lipinski definition) is 7. The average molecular weight is 327 g/mol. The van der Waals surface area contributed by atoms with Gasteiger partial charge in [0.2, 0.25) is 0 Å². The van der Waals surface area contributed by atoms with E-state index in [1.807, 2.05) is 12.1 Å². The lowest BCUT2D eigenvalue weighted by molar-refractivity contribution is -0.0819. The Morgan fingerprint density at radius 1 is 1.29 bits per heavy atom. The molecule has 1 saturated heterocycles. The molecule has 0 saturated carbocycles. The molecular formula is C17H21N5O2. The summed E-state index contributed by atoms with van der Waals surface area (Å²) in [6.45, 7) is 4.35. The summed E-state index contributed by atoms with van der Waals surface area (Å²) < 4.78 is 11.2. The first kappa shape index (κ1) is 15.4. The van der Waals surface area contributed by atoms with Gasteiger partial charge in [0.25, 0.3) is 0 Å². The summed E-state index contributed by atoms with van der Waals surface area (Å²) in [5.74, 6) is 1.60. The number of pyridine rings is 1. The van der Waals surface area contributed by atoms with Crippen molar-refractivity contribution in [1.82, 2.24) is 20.3 Å². The third kappa shape index (κ3) is 3.38. The molecule has 4 rings (SSSR count). The first-order valence-corrected chi connectivity index (χ1v) is 8.34. The van der Waals surface area contributed by atoms with Crippen molar-refractivity contribution >= 4 is 5.82 Å². The molecule has 0 bridgehead atoms. The van der Waals surface area contributed by atoms with Crippen molar-refractivity contribution in [3.05, 3.63) is 35.8 Å². The van der Waals surface area contributed by atoms with E-state index in [1.54, 1.807) is 12.4 Å². The summed E-state index contributed by atoms with van der Waals surface area (Å²) >= 11 is 0. The van der Waals surface area contributed by atoms with Gasteiger partial charge in [0.15, 0.2) is 5.82 Å². The summed E-state index contributed by atoms with van der Waals surface area (Å²) in [6.07, 6.45) is 4.53. The van der Waals surface area contributed by atoms with Crippen LogP contribution in [-0.4, -0.2) is 54.0 Å². The fraction of sp³-hybridized carbons (Fsp3) is 0.471. The smallest absolute Gasteiger partial charge is 0.163 e. The maximum atomic E-state index is 5.71. The zero-order valence-electron chi connectivity index (χ0n) is 13.5. The molecule has 24 heavy (non-hydrogen) atoms. The molecule has 2 aromatic rings. The van der Waals surface area contributed by atoms with E-state index in [1.165, 1.54) is 5.56 Å². The molecule has 0 aliphatic carbocycles.